The molecule has 1 aliphatic carbocycles. The Morgan fingerprint density at radius 2 is 2.14 bits per heavy atom. The van der Waals surface area contributed by atoms with E-state index in [1.54, 1.807) is 0 Å². The zero-order valence-corrected chi connectivity index (χ0v) is 14.5. The third kappa shape index (κ3) is 4.09. The Morgan fingerprint density at radius 1 is 1.38 bits per heavy atom. The lowest BCUT2D eigenvalue weighted by Crippen LogP contribution is -2.46. The lowest BCUT2D eigenvalue weighted by molar-refractivity contribution is 0.0983. The first kappa shape index (κ1) is 16.5. The largest absolute Gasteiger partial charge is 0.314 e. The zero-order valence-electron chi connectivity index (χ0n) is 14.5. The van der Waals surface area contributed by atoms with Crippen molar-refractivity contribution in [3.63, 3.8) is 0 Å². The van der Waals surface area contributed by atoms with Gasteiger partial charge in [0.25, 0.3) is 0 Å². The minimum atomic E-state index is 0.447. The van der Waals surface area contributed by atoms with E-state index in [1.165, 1.54) is 31.4 Å². The molecule has 0 bridgehead atoms. The monoisotopic (exact) mass is 291 g/mol. The fourth-order valence-corrected chi connectivity index (χ4v) is 3.88. The number of nitrogens with one attached hydrogen (secondary N) is 1. The highest BCUT2D eigenvalue weighted by molar-refractivity contribution is 5.04. The molecule has 1 N–H and O–H groups in total. The van der Waals surface area contributed by atoms with E-state index in [0.717, 1.165) is 18.9 Å². The van der Waals surface area contributed by atoms with Crippen molar-refractivity contribution in [1.82, 2.24) is 15.1 Å². The Morgan fingerprint density at radius 3 is 2.71 bits per heavy atom. The molecule has 1 heterocycles. The molecule has 3 nitrogen and oxygen atoms in total. The van der Waals surface area contributed by atoms with Crippen molar-refractivity contribution < 1.29 is 0 Å². The van der Waals surface area contributed by atoms with Gasteiger partial charge in [0.2, 0.25) is 0 Å². The van der Waals surface area contributed by atoms with Crippen molar-refractivity contribution in [2.45, 2.75) is 78.8 Å². The molecule has 0 aromatic carbocycles. The lowest BCUT2D eigenvalue weighted by atomic mass is 9.65. The summed E-state index contributed by atoms with van der Waals surface area (Å²) in [5.74, 6) is 0.760. The van der Waals surface area contributed by atoms with Crippen LogP contribution in [-0.2, 0) is 6.42 Å². The van der Waals surface area contributed by atoms with E-state index >= 15 is 0 Å². The molecule has 1 fully saturated rings. The van der Waals surface area contributed by atoms with Crippen LogP contribution in [0.4, 0.5) is 0 Å². The highest BCUT2D eigenvalue weighted by Gasteiger charge is 2.37. The van der Waals surface area contributed by atoms with Gasteiger partial charge in [-0.05, 0) is 50.6 Å². The lowest BCUT2D eigenvalue weighted by Gasteiger charge is -2.43. The molecular formula is C18H33N3. The molecule has 1 saturated carbocycles. The van der Waals surface area contributed by atoms with Crippen molar-refractivity contribution in [2.75, 3.05) is 6.54 Å². The zero-order chi connectivity index (χ0) is 15.5. The molecule has 3 heteroatoms. The average Bonchev–Trinajstić information content (AvgIpc) is 2.86. The van der Waals surface area contributed by atoms with Crippen molar-refractivity contribution in [1.29, 1.82) is 0 Å². The summed E-state index contributed by atoms with van der Waals surface area (Å²) >= 11 is 0. The second-order valence-corrected chi connectivity index (χ2v) is 7.59. The van der Waals surface area contributed by atoms with Crippen molar-refractivity contribution in [2.24, 2.45) is 11.3 Å². The van der Waals surface area contributed by atoms with Gasteiger partial charge in [0.15, 0.2) is 0 Å². The molecule has 0 spiro atoms. The number of hydrogen-bond acceptors (Lipinski definition) is 2. The fraction of sp³-hybridized carbons (Fsp3) is 0.833. The number of nitrogens with zero attached hydrogens (tertiary/aromatic N) is 2. The average molecular weight is 291 g/mol. The van der Waals surface area contributed by atoms with Crippen LogP contribution >= 0.6 is 0 Å². The maximum absolute atomic E-state index is 4.75. The predicted molar refractivity (Wildman–Crippen MR) is 89.5 cm³/mol. The van der Waals surface area contributed by atoms with Crippen LogP contribution in [0.1, 0.15) is 72.0 Å². The van der Waals surface area contributed by atoms with Crippen LogP contribution in [0.2, 0.25) is 0 Å². The van der Waals surface area contributed by atoms with E-state index in [-0.39, 0.29) is 0 Å². The minimum Gasteiger partial charge on any atom is -0.314 e. The normalized spacial score (nSPS) is 23.4. The molecule has 1 aliphatic rings. The maximum Gasteiger partial charge on any atom is 0.0640 e. The Kier molecular flexibility index (Phi) is 5.48. The van der Waals surface area contributed by atoms with Gasteiger partial charge in [-0.25, -0.2) is 0 Å². The van der Waals surface area contributed by atoms with Gasteiger partial charge in [0.05, 0.1) is 5.69 Å². The van der Waals surface area contributed by atoms with Gasteiger partial charge in [0.1, 0.15) is 0 Å². The number of hydrogen-bond donors (Lipinski definition) is 1. The summed E-state index contributed by atoms with van der Waals surface area (Å²) in [6.45, 7) is 12.5. The second kappa shape index (κ2) is 6.95. The molecule has 0 radical (unpaired) electrons. The summed E-state index contributed by atoms with van der Waals surface area (Å²) in [6, 6.07) is 3.20. The van der Waals surface area contributed by atoms with Gasteiger partial charge >= 0.3 is 0 Å². The van der Waals surface area contributed by atoms with Gasteiger partial charge in [0, 0.05) is 24.7 Å². The van der Waals surface area contributed by atoms with Gasteiger partial charge in [-0.2, -0.15) is 5.10 Å². The van der Waals surface area contributed by atoms with E-state index in [2.05, 4.69) is 56.9 Å². The Balaban J connectivity index is 2.10. The number of aromatic nitrogens is 2. The topological polar surface area (TPSA) is 29.9 Å². The second-order valence-electron chi connectivity index (χ2n) is 7.59. The van der Waals surface area contributed by atoms with Gasteiger partial charge < -0.3 is 5.32 Å². The van der Waals surface area contributed by atoms with E-state index in [9.17, 15) is 0 Å². The number of likely N-dealkylation sites (N-methyl/N-ethyl adjacent to an activating group) is 1. The molecule has 0 saturated heterocycles. The molecule has 2 unspecified atom stereocenters. The van der Waals surface area contributed by atoms with Gasteiger partial charge in [-0.1, -0.05) is 33.6 Å². The Hall–Kier alpha value is -0.830. The highest BCUT2D eigenvalue weighted by Crippen LogP contribution is 2.42. The molecule has 120 valence electrons. The molecule has 1 aromatic rings. The summed E-state index contributed by atoms with van der Waals surface area (Å²) in [7, 11) is 0. The minimum absolute atomic E-state index is 0.447. The van der Waals surface area contributed by atoms with Gasteiger partial charge in [-0.3, -0.25) is 4.68 Å². The van der Waals surface area contributed by atoms with Crippen LogP contribution < -0.4 is 5.32 Å². The van der Waals surface area contributed by atoms with Crippen LogP contribution in [0.25, 0.3) is 0 Å². The quantitative estimate of drug-likeness (QED) is 0.851. The van der Waals surface area contributed by atoms with E-state index in [1.807, 2.05) is 0 Å². The molecule has 21 heavy (non-hydrogen) atoms. The van der Waals surface area contributed by atoms with E-state index < -0.39 is 0 Å². The third-order valence-electron chi connectivity index (χ3n) is 5.16. The maximum atomic E-state index is 4.75. The fourth-order valence-electron chi connectivity index (χ4n) is 3.88. The van der Waals surface area contributed by atoms with Crippen molar-refractivity contribution >= 4 is 0 Å². The third-order valence-corrected chi connectivity index (χ3v) is 5.16. The van der Waals surface area contributed by atoms with Crippen LogP contribution in [0.3, 0.4) is 0 Å². The Labute approximate surface area is 130 Å². The first-order valence-corrected chi connectivity index (χ1v) is 8.71. The Bertz CT molecular complexity index is 433. The van der Waals surface area contributed by atoms with Crippen molar-refractivity contribution in [3.8, 4) is 0 Å². The molecule has 2 rings (SSSR count). The standard InChI is InChI=1S/C18H33N3/c1-6-19-17(16-9-7-8-11-18(16,4)5)13-15-10-12-21(20-15)14(2)3/h10,12,14,16-17,19H,6-9,11,13H2,1-5H3. The van der Waals surface area contributed by atoms with Crippen molar-refractivity contribution in [3.05, 3.63) is 18.0 Å². The van der Waals surface area contributed by atoms with Crippen LogP contribution in [0, 0.1) is 11.3 Å². The molecule has 0 aliphatic heterocycles. The van der Waals surface area contributed by atoms with E-state index in [4.69, 9.17) is 5.10 Å². The highest BCUT2D eigenvalue weighted by atomic mass is 15.3. The summed E-state index contributed by atoms with van der Waals surface area (Å²) in [6.07, 6.45) is 8.67. The van der Waals surface area contributed by atoms with Crippen LogP contribution in [0.15, 0.2) is 12.3 Å². The summed E-state index contributed by atoms with van der Waals surface area (Å²) in [5.41, 5.74) is 1.68. The smallest absolute Gasteiger partial charge is 0.0640 e. The first-order valence-electron chi connectivity index (χ1n) is 8.71. The number of rotatable bonds is 6. The molecule has 2 atom stereocenters. The molecule has 1 aromatic heterocycles. The molecule has 0 amide bonds. The first-order chi connectivity index (χ1) is 9.94. The molecular weight excluding hydrogens is 258 g/mol. The summed E-state index contributed by atoms with van der Waals surface area (Å²) in [5, 5.41) is 8.50. The van der Waals surface area contributed by atoms with Gasteiger partial charge in [-0.15, -0.1) is 0 Å². The summed E-state index contributed by atoms with van der Waals surface area (Å²) < 4.78 is 2.07. The SMILES string of the molecule is CCNC(Cc1ccn(C(C)C)n1)C1CCCCC1(C)C. The van der Waals surface area contributed by atoms with E-state index in [0.29, 0.717) is 17.5 Å². The van der Waals surface area contributed by atoms with Crippen LogP contribution in [-0.4, -0.2) is 22.4 Å². The van der Waals surface area contributed by atoms with Crippen LogP contribution in [0.5, 0.6) is 0 Å². The summed E-state index contributed by atoms with van der Waals surface area (Å²) in [4.78, 5) is 0. The predicted octanol–water partition coefficient (Wildman–Crippen LogP) is 4.20.